The summed E-state index contributed by atoms with van der Waals surface area (Å²) in [4.78, 5) is 2.29. The molecule has 19 heavy (non-hydrogen) atoms. The molecule has 2 aliphatic rings. The van der Waals surface area contributed by atoms with Crippen LogP contribution in [-0.4, -0.2) is 44.6 Å². The van der Waals surface area contributed by atoms with Crippen LogP contribution in [-0.2, 0) is 0 Å². The molecule has 1 saturated carbocycles. The van der Waals surface area contributed by atoms with Crippen molar-refractivity contribution in [2.45, 2.75) is 19.3 Å². The molecule has 1 saturated heterocycles. The van der Waals surface area contributed by atoms with Crippen LogP contribution in [0.5, 0.6) is 0 Å². The summed E-state index contributed by atoms with van der Waals surface area (Å²) in [5, 5.41) is 22.1. The fraction of sp³-hybridized carbons (Fsp3) is 0.615. The van der Waals surface area contributed by atoms with Gasteiger partial charge in [0.1, 0.15) is 12.1 Å². The van der Waals surface area contributed by atoms with Gasteiger partial charge in [-0.05, 0) is 30.9 Å². The van der Waals surface area contributed by atoms with Gasteiger partial charge in [0.05, 0.1) is 6.61 Å². The number of aromatic nitrogens is 4. The smallest absolute Gasteiger partial charge is 0.177 e. The van der Waals surface area contributed by atoms with Crippen LogP contribution in [0.2, 0.25) is 0 Å². The maximum atomic E-state index is 9.76. The lowest BCUT2D eigenvalue weighted by molar-refractivity contribution is 0.121. The SMILES string of the molecule is OCC12CCCC1CN(c1ccc3nncn3n1)C2. The van der Waals surface area contributed by atoms with Gasteiger partial charge < -0.3 is 10.0 Å². The van der Waals surface area contributed by atoms with Gasteiger partial charge in [0.15, 0.2) is 5.65 Å². The van der Waals surface area contributed by atoms with Gasteiger partial charge in [-0.25, -0.2) is 0 Å². The predicted octanol–water partition coefficient (Wildman–Crippen LogP) is 0.723. The van der Waals surface area contributed by atoms with Gasteiger partial charge in [0.2, 0.25) is 0 Å². The van der Waals surface area contributed by atoms with E-state index < -0.39 is 0 Å². The van der Waals surface area contributed by atoms with Crippen LogP contribution < -0.4 is 4.90 Å². The first-order valence-electron chi connectivity index (χ1n) is 6.84. The Morgan fingerprint density at radius 2 is 2.37 bits per heavy atom. The Balaban J connectivity index is 1.66. The highest BCUT2D eigenvalue weighted by molar-refractivity contribution is 5.46. The van der Waals surface area contributed by atoms with Gasteiger partial charge in [0, 0.05) is 18.5 Å². The van der Waals surface area contributed by atoms with Gasteiger partial charge in [-0.3, -0.25) is 0 Å². The minimum absolute atomic E-state index is 0.101. The minimum Gasteiger partial charge on any atom is -0.396 e. The van der Waals surface area contributed by atoms with Crippen molar-refractivity contribution < 1.29 is 5.11 Å². The Bertz CT molecular complexity index is 612. The zero-order chi connectivity index (χ0) is 12.9. The topological polar surface area (TPSA) is 66.5 Å². The third kappa shape index (κ3) is 1.56. The van der Waals surface area contributed by atoms with Crippen molar-refractivity contribution in [1.82, 2.24) is 19.8 Å². The molecule has 2 unspecified atom stereocenters. The maximum absolute atomic E-state index is 9.76. The van der Waals surface area contributed by atoms with Crippen molar-refractivity contribution in [2.75, 3.05) is 24.6 Å². The Labute approximate surface area is 111 Å². The lowest BCUT2D eigenvalue weighted by Crippen LogP contribution is -2.31. The lowest BCUT2D eigenvalue weighted by atomic mass is 9.82. The second-order valence-corrected chi connectivity index (χ2v) is 5.82. The van der Waals surface area contributed by atoms with E-state index in [1.54, 1.807) is 10.8 Å². The van der Waals surface area contributed by atoms with Crippen LogP contribution in [0, 0.1) is 11.3 Å². The van der Waals surface area contributed by atoms with Crippen molar-refractivity contribution >= 4 is 11.5 Å². The molecule has 2 aromatic rings. The fourth-order valence-electron chi connectivity index (χ4n) is 3.73. The summed E-state index contributed by atoms with van der Waals surface area (Å²) >= 11 is 0. The van der Waals surface area contributed by atoms with Crippen LogP contribution in [0.3, 0.4) is 0 Å². The summed E-state index contributed by atoms with van der Waals surface area (Å²) in [6.07, 6.45) is 5.24. The van der Waals surface area contributed by atoms with E-state index in [9.17, 15) is 5.11 Å². The van der Waals surface area contributed by atoms with Gasteiger partial charge in [0.25, 0.3) is 0 Å². The molecule has 0 spiro atoms. The molecule has 3 heterocycles. The Kier molecular flexibility index (Phi) is 2.29. The minimum atomic E-state index is 0.101. The Morgan fingerprint density at radius 1 is 1.42 bits per heavy atom. The quantitative estimate of drug-likeness (QED) is 0.861. The van der Waals surface area contributed by atoms with E-state index in [-0.39, 0.29) is 5.41 Å². The summed E-state index contributed by atoms with van der Waals surface area (Å²) in [5.74, 6) is 1.56. The molecule has 1 aliphatic heterocycles. The van der Waals surface area contributed by atoms with Crippen LogP contribution in [0.25, 0.3) is 5.65 Å². The molecule has 6 nitrogen and oxygen atoms in total. The second-order valence-electron chi connectivity index (χ2n) is 5.82. The number of anilines is 1. The van der Waals surface area contributed by atoms with Crippen molar-refractivity contribution in [3.63, 3.8) is 0 Å². The van der Waals surface area contributed by atoms with Gasteiger partial charge in [-0.2, -0.15) is 4.52 Å². The molecule has 4 rings (SSSR count). The van der Waals surface area contributed by atoms with Crippen molar-refractivity contribution in [2.24, 2.45) is 11.3 Å². The maximum Gasteiger partial charge on any atom is 0.177 e. The lowest BCUT2D eigenvalue weighted by Gasteiger charge is -2.26. The zero-order valence-corrected chi connectivity index (χ0v) is 10.7. The number of fused-ring (bicyclic) bond motifs is 2. The predicted molar refractivity (Wildman–Crippen MR) is 69.9 cm³/mol. The van der Waals surface area contributed by atoms with Crippen LogP contribution >= 0.6 is 0 Å². The average Bonchev–Trinajstić information content (AvgIpc) is 3.10. The molecule has 1 N–H and O–H groups in total. The highest BCUT2D eigenvalue weighted by Crippen LogP contribution is 2.48. The van der Waals surface area contributed by atoms with E-state index in [1.165, 1.54) is 12.8 Å². The molecular weight excluding hydrogens is 242 g/mol. The molecule has 2 fully saturated rings. The van der Waals surface area contributed by atoms with Crippen molar-refractivity contribution in [3.8, 4) is 0 Å². The molecule has 1 aliphatic carbocycles. The summed E-state index contributed by atoms with van der Waals surface area (Å²) in [6.45, 7) is 2.21. The van der Waals surface area contributed by atoms with E-state index >= 15 is 0 Å². The molecule has 0 radical (unpaired) electrons. The third-order valence-corrected chi connectivity index (χ3v) is 4.83. The Hall–Kier alpha value is -1.69. The van der Waals surface area contributed by atoms with Gasteiger partial charge in [-0.15, -0.1) is 15.3 Å². The number of aliphatic hydroxyl groups is 1. The van der Waals surface area contributed by atoms with Crippen LogP contribution in [0.1, 0.15) is 19.3 Å². The number of hydrogen-bond donors (Lipinski definition) is 1. The molecule has 0 aromatic carbocycles. The highest BCUT2D eigenvalue weighted by Gasteiger charge is 2.49. The van der Waals surface area contributed by atoms with Crippen molar-refractivity contribution in [3.05, 3.63) is 18.5 Å². The van der Waals surface area contributed by atoms with E-state index in [2.05, 4.69) is 20.2 Å². The molecule has 0 bridgehead atoms. The standard InChI is InChI=1S/C13H17N5O/c19-8-13-5-1-2-10(13)6-17(7-13)12-4-3-11-15-14-9-18(11)16-12/h3-4,9-10,19H,1-2,5-8H2. The third-order valence-electron chi connectivity index (χ3n) is 4.83. The van der Waals surface area contributed by atoms with E-state index in [4.69, 9.17) is 0 Å². The summed E-state index contributed by atoms with van der Waals surface area (Å²) in [6, 6.07) is 3.94. The van der Waals surface area contributed by atoms with Gasteiger partial charge in [-0.1, -0.05) is 6.42 Å². The van der Waals surface area contributed by atoms with Crippen LogP contribution in [0.4, 0.5) is 5.82 Å². The normalized spacial score (nSPS) is 30.2. The average molecular weight is 259 g/mol. The largest absolute Gasteiger partial charge is 0.396 e. The van der Waals surface area contributed by atoms with Crippen LogP contribution in [0.15, 0.2) is 18.5 Å². The number of aliphatic hydroxyl groups excluding tert-OH is 1. The molecule has 2 atom stereocenters. The first-order chi connectivity index (χ1) is 9.31. The fourth-order valence-corrected chi connectivity index (χ4v) is 3.73. The van der Waals surface area contributed by atoms with E-state index in [0.717, 1.165) is 31.0 Å². The molecule has 2 aromatic heterocycles. The first-order valence-corrected chi connectivity index (χ1v) is 6.84. The molecular formula is C13H17N5O. The molecule has 0 amide bonds. The van der Waals surface area contributed by atoms with Gasteiger partial charge >= 0.3 is 0 Å². The molecule has 6 heteroatoms. The summed E-state index contributed by atoms with van der Waals surface area (Å²) in [5.41, 5.74) is 0.865. The summed E-state index contributed by atoms with van der Waals surface area (Å²) < 4.78 is 1.70. The molecule has 100 valence electrons. The first kappa shape index (κ1) is 11.2. The highest BCUT2D eigenvalue weighted by atomic mass is 16.3. The number of rotatable bonds is 2. The number of nitrogens with zero attached hydrogens (tertiary/aromatic N) is 5. The number of hydrogen-bond acceptors (Lipinski definition) is 5. The second kappa shape index (κ2) is 3.90. The summed E-state index contributed by atoms with van der Waals surface area (Å²) in [7, 11) is 0. The van der Waals surface area contributed by atoms with E-state index in [1.807, 2.05) is 12.1 Å². The van der Waals surface area contributed by atoms with Crippen molar-refractivity contribution in [1.29, 1.82) is 0 Å². The Morgan fingerprint density at radius 3 is 3.21 bits per heavy atom. The van der Waals surface area contributed by atoms with E-state index in [0.29, 0.717) is 12.5 Å². The monoisotopic (exact) mass is 259 g/mol. The zero-order valence-electron chi connectivity index (χ0n) is 10.7.